The lowest BCUT2D eigenvalue weighted by Crippen LogP contribution is -2.25. The van der Waals surface area contributed by atoms with Gasteiger partial charge >= 0.3 is 0 Å². The van der Waals surface area contributed by atoms with E-state index < -0.39 is 0 Å². The third-order valence-electron chi connectivity index (χ3n) is 3.08. The molecule has 18 heavy (non-hydrogen) atoms. The van der Waals surface area contributed by atoms with Gasteiger partial charge in [0.25, 0.3) is 5.56 Å². The van der Waals surface area contributed by atoms with E-state index >= 15 is 0 Å². The van der Waals surface area contributed by atoms with Crippen LogP contribution in [0, 0.1) is 6.92 Å². The molecule has 0 bridgehead atoms. The van der Waals surface area contributed by atoms with E-state index in [-0.39, 0.29) is 5.56 Å². The van der Waals surface area contributed by atoms with E-state index in [1.54, 1.807) is 22.9 Å². The number of pyridine rings is 1. The number of rotatable bonds is 5. The summed E-state index contributed by atoms with van der Waals surface area (Å²) >= 11 is 0. The fourth-order valence-electron chi connectivity index (χ4n) is 1.79. The summed E-state index contributed by atoms with van der Waals surface area (Å²) in [5.74, 6) is 0. The zero-order chi connectivity index (χ0) is 13.0. The molecule has 0 atom stereocenters. The smallest absolute Gasteiger partial charge is 0.250 e. The van der Waals surface area contributed by atoms with Crippen LogP contribution in [-0.4, -0.2) is 20.9 Å². The van der Waals surface area contributed by atoms with Crippen LogP contribution in [0.4, 0.5) is 0 Å². The Morgan fingerprint density at radius 3 is 2.89 bits per heavy atom. The van der Waals surface area contributed by atoms with E-state index in [0.29, 0.717) is 6.54 Å². The molecule has 5 nitrogen and oxygen atoms in total. The predicted octanol–water partition coefficient (Wildman–Crippen LogP) is 0.680. The van der Waals surface area contributed by atoms with Gasteiger partial charge in [-0.1, -0.05) is 6.07 Å². The molecule has 2 heterocycles. The maximum Gasteiger partial charge on any atom is 0.250 e. The molecule has 0 saturated carbocycles. The monoisotopic (exact) mass is 246 g/mol. The van der Waals surface area contributed by atoms with Crippen LogP contribution in [0.15, 0.2) is 35.4 Å². The number of hydrogen-bond donors (Lipinski definition) is 1. The van der Waals surface area contributed by atoms with Crippen molar-refractivity contribution < 1.29 is 0 Å². The van der Waals surface area contributed by atoms with Gasteiger partial charge < -0.3 is 9.88 Å². The van der Waals surface area contributed by atoms with E-state index in [4.69, 9.17) is 0 Å². The third-order valence-corrected chi connectivity index (χ3v) is 3.08. The van der Waals surface area contributed by atoms with Crippen LogP contribution in [-0.2, 0) is 20.1 Å². The van der Waals surface area contributed by atoms with Gasteiger partial charge in [0.2, 0.25) is 0 Å². The summed E-state index contributed by atoms with van der Waals surface area (Å²) in [5.41, 5.74) is 2.40. The molecule has 0 saturated heterocycles. The molecule has 0 aliphatic carbocycles. The average molecular weight is 246 g/mol. The van der Waals surface area contributed by atoms with E-state index in [9.17, 15) is 4.79 Å². The Morgan fingerprint density at radius 2 is 2.22 bits per heavy atom. The standard InChI is InChI=1S/C13H18N4O/c1-11-12(10-15-16(11)2)9-14-6-8-17-7-4-3-5-13(17)18/h3-5,7,10,14H,6,8-9H2,1-2H3. The van der Waals surface area contributed by atoms with Crippen molar-refractivity contribution in [3.8, 4) is 0 Å². The number of aromatic nitrogens is 3. The molecule has 0 fully saturated rings. The second-order valence-electron chi connectivity index (χ2n) is 4.29. The minimum Gasteiger partial charge on any atom is -0.314 e. The van der Waals surface area contributed by atoms with Gasteiger partial charge in [-0.25, -0.2) is 0 Å². The van der Waals surface area contributed by atoms with Crippen molar-refractivity contribution >= 4 is 0 Å². The first-order valence-corrected chi connectivity index (χ1v) is 6.02. The minimum absolute atomic E-state index is 0.0388. The maximum absolute atomic E-state index is 11.5. The second-order valence-corrected chi connectivity index (χ2v) is 4.29. The zero-order valence-electron chi connectivity index (χ0n) is 10.8. The van der Waals surface area contributed by atoms with E-state index in [2.05, 4.69) is 10.4 Å². The van der Waals surface area contributed by atoms with Gasteiger partial charge in [0.1, 0.15) is 0 Å². The first kappa shape index (κ1) is 12.6. The van der Waals surface area contributed by atoms with Crippen LogP contribution < -0.4 is 10.9 Å². The van der Waals surface area contributed by atoms with Crippen LogP contribution in [0.1, 0.15) is 11.3 Å². The Balaban J connectivity index is 1.82. The summed E-state index contributed by atoms with van der Waals surface area (Å²) in [6.07, 6.45) is 3.68. The van der Waals surface area contributed by atoms with Gasteiger partial charge in [-0.15, -0.1) is 0 Å². The van der Waals surface area contributed by atoms with Gasteiger partial charge in [0, 0.05) is 50.2 Å². The van der Waals surface area contributed by atoms with Gasteiger partial charge in [-0.3, -0.25) is 9.48 Å². The minimum atomic E-state index is 0.0388. The number of nitrogens with one attached hydrogen (secondary N) is 1. The molecule has 0 spiro atoms. The molecule has 1 N–H and O–H groups in total. The van der Waals surface area contributed by atoms with Crippen LogP contribution in [0.2, 0.25) is 0 Å². The fraction of sp³-hybridized carbons (Fsp3) is 0.385. The lowest BCUT2D eigenvalue weighted by atomic mass is 10.2. The molecular formula is C13H18N4O. The largest absolute Gasteiger partial charge is 0.314 e. The van der Waals surface area contributed by atoms with E-state index in [1.165, 1.54) is 11.3 Å². The van der Waals surface area contributed by atoms with Crippen molar-refractivity contribution in [2.75, 3.05) is 6.54 Å². The molecule has 2 aromatic rings. The summed E-state index contributed by atoms with van der Waals surface area (Å²) in [5, 5.41) is 7.51. The number of hydrogen-bond acceptors (Lipinski definition) is 3. The molecule has 0 aliphatic rings. The summed E-state index contributed by atoms with van der Waals surface area (Å²) in [4.78, 5) is 11.5. The normalized spacial score (nSPS) is 10.8. The topological polar surface area (TPSA) is 51.9 Å². The highest BCUT2D eigenvalue weighted by Gasteiger charge is 2.02. The SMILES string of the molecule is Cc1c(CNCCn2ccccc2=O)cnn1C. The molecule has 2 rings (SSSR count). The first-order chi connectivity index (χ1) is 8.68. The van der Waals surface area contributed by atoms with Crippen LogP contribution in [0.25, 0.3) is 0 Å². The van der Waals surface area contributed by atoms with Crippen molar-refractivity contribution in [2.45, 2.75) is 20.0 Å². The summed E-state index contributed by atoms with van der Waals surface area (Å²) in [6, 6.07) is 5.20. The number of nitrogens with zero attached hydrogens (tertiary/aromatic N) is 3. The average Bonchev–Trinajstić information content (AvgIpc) is 2.68. The first-order valence-electron chi connectivity index (χ1n) is 6.02. The highest BCUT2D eigenvalue weighted by Crippen LogP contribution is 2.04. The Morgan fingerprint density at radius 1 is 1.39 bits per heavy atom. The van der Waals surface area contributed by atoms with Crippen molar-refractivity contribution in [1.82, 2.24) is 19.7 Å². The van der Waals surface area contributed by atoms with Crippen LogP contribution in [0.3, 0.4) is 0 Å². The molecule has 0 aliphatic heterocycles. The maximum atomic E-state index is 11.5. The molecule has 2 aromatic heterocycles. The lowest BCUT2D eigenvalue weighted by Gasteiger charge is -2.06. The Labute approximate surface area is 106 Å². The lowest BCUT2D eigenvalue weighted by molar-refractivity contribution is 0.584. The van der Waals surface area contributed by atoms with Gasteiger partial charge in [0.05, 0.1) is 6.20 Å². The molecule has 0 unspecified atom stereocenters. The highest BCUT2D eigenvalue weighted by molar-refractivity contribution is 5.15. The van der Waals surface area contributed by atoms with Gasteiger partial charge in [-0.2, -0.15) is 5.10 Å². The van der Waals surface area contributed by atoms with Crippen molar-refractivity contribution in [3.05, 3.63) is 52.2 Å². The van der Waals surface area contributed by atoms with E-state index in [0.717, 1.165) is 13.1 Å². The highest BCUT2D eigenvalue weighted by atomic mass is 16.1. The Hall–Kier alpha value is -1.88. The molecule has 96 valence electrons. The fourth-order valence-corrected chi connectivity index (χ4v) is 1.79. The number of aryl methyl sites for hydroxylation is 1. The van der Waals surface area contributed by atoms with Crippen LogP contribution >= 0.6 is 0 Å². The van der Waals surface area contributed by atoms with Crippen molar-refractivity contribution in [1.29, 1.82) is 0 Å². The van der Waals surface area contributed by atoms with Crippen molar-refractivity contribution in [3.63, 3.8) is 0 Å². The predicted molar refractivity (Wildman–Crippen MR) is 70.4 cm³/mol. The van der Waals surface area contributed by atoms with Gasteiger partial charge in [-0.05, 0) is 13.0 Å². The molecule has 0 amide bonds. The quantitative estimate of drug-likeness (QED) is 0.789. The summed E-state index contributed by atoms with van der Waals surface area (Å²) in [7, 11) is 1.93. The Kier molecular flexibility index (Phi) is 3.94. The molecule has 0 radical (unpaired) electrons. The summed E-state index contributed by atoms with van der Waals surface area (Å²) < 4.78 is 3.56. The summed E-state index contributed by atoms with van der Waals surface area (Å²) in [6.45, 7) is 4.27. The molecule has 5 heteroatoms. The Bertz CT molecular complexity index is 570. The molecular weight excluding hydrogens is 228 g/mol. The van der Waals surface area contributed by atoms with Gasteiger partial charge in [0.15, 0.2) is 0 Å². The second kappa shape index (κ2) is 5.64. The van der Waals surface area contributed by atoms with E-state index in [1.807, 2.05) is 30.9 Å². The third kappa shape index (κ3) is 2.87. The zero-order valence-corrected chi connectivity index (χ0v) is 10.8. The van der Waals surface area contributed by atoms with Crippen molar-refractivity contribution in [2.24, 2.45) is 7.05 Å². The molecule has 0 aromatic carbocycles. The van der Waals surface area contributed by atoms with Crippen LogP contribution in [0.5, 0.6) is 0 Å².